The summed E-state index contributed by atoms with van der Waals surface area (Å²) < 4.78 is 30.1. The van der Waals surface area contributed by atoms with E-state index in [9.17, 15) is 13.2 Å². The summed E-state index contributed by atoms with van der Waals surface area (Å²) in [6.07, 6.45) is 1.68. The first-order chi connectivity index (χ1) is 8.98. The Balaban J connectivity index is 3.15. The molecular weight excluding hydrogens is 274 g/mol. The molecule has 1 heterocycles. The molecule has 0 bridgehead atoms. The molecule has 0 aliphatic heterocycles. The van der Waals surface area contributed by atoms with Gasteiger partial charge in [0.05, 0.1) is 19.9 Å². The highest BCUT2D eigenvalue weighted by molar-refractivity contribution is 7.89. The molecule has 0 spiro atoms. The first kappa shape index (κ1) is 15.6. The number of ether oxygens (including phenoxy) is 1. The Labute approximate surface area is 111 Å². The van der Waals surface area contributed by atoms with Crippen LogP contribution in [-0.2, 0) is 19.6 Å². The maximum absolute atomic E-state index is 12.3. The fraction of sp³-hybridized carbons (Fsp3) is 0.600. The Morgan fingerprint density at radius 1 is 1.47 bits per heavy atom. The molecule has 9 heteroatoms. The van der Waals surface area contributed by atoms with Crippen molar-refractivity contribution in [3.63, 3.8) is 0 Å². The van der Waals surface area contributed by atoms with E-state index >= 15 is 0 Å². The first-order valence-corrected chi connectivity index (χ1v) is 7.20. The summed E-state index contributed by atoms with van der Waals surface area (Å²) in [4.78, 5) is 16.5. The van der Waals surface area contributed by atoms with Crippen molar-refractivity contribution in [3.05, 3.63) is 11.8 Å². The average Bonchev–Trinajstić information content (AvgIpc) is 2.85. The standard InChI is InChI=1S/C10H17N3O5S/c1-4-6-13(17-3)19(15,16)9-8(7-11-12-9)10(14)18-5-2/h7H,4-6H2,1-3H3,(H,11,12). The van der Waals surface area contributed by atoms with Crippen LogP contribution in [0.15, 0.2) is 11.2 Å². The van der Waals surface area contributed by atoms with E-state index in [-0.39, 0.29) is 23.7 Å². The van der Waals surface area contributed by atoms with Gasteiger partial charge in [0, 0.05) is 6.54 Å². The molecule has 1 aromatic heterocycles. The monoisotopic (exact) mass is 291 g/mol. The number of hydrogen-bond acceptors (Lipinski definition) is 6. The van der Waals surface area contributed by atoms with Crippen LogP contribution in [0.2, 0.25) is 0 Å². The van der Waals surface area contributed by atoms with E-state index in [0.717, 1.165) is 10.7 Å². The Bertz CT molecular complexity index is 525. The SMILES string of the molecule is CCCN(OC)S(=O)(=O)c1[nH]ncc1C(=O)OCC. The zero-order valence-electron chi connectivity index (χ0n) is 11.0. The maximum atomic E-state index is 12.3. The molecule has 0 radical (unpaired) electrons. The number of hydrogen-bond donors (Lipinski definition) is 1. The van der Waals surface area contributed by atoms with Crippen LogP contribution in [0, 0.1) is 0 Å². The second-order valence-corrected chi connectivity index (χ2v) is 5.31. The number of H-pyrrole nitrogens is 1. The topological polar surface area (TPSA) is 102 Å². The number of hydroxylamine groups is 1. The summed E-state index contributed by atoms with van der Waals surface area (Å²) in [7, 11) is -2.73. The van der Waals surface area contributed by atoms with Gasteiger partial charge in [0.1, 0.15) is 5.56 Å². The minimum atomic E-state index is -3.97. The van der Waals surface area contributed by atoms with E-state index in [1.807, 2.05) is 0 Å². The summed E-state index contributed by atoms with van der Waals surface area (Å²) in [5.41, 5.74) is -0.139. The number of sulfonamides is 1. The van der Waals surface area contributed by atoms with Crippen molar-refractivity contribution in [2.75, 3.05) is 20.3 Å². The van der Waals surface area contributed by atoms with Crippen LogP contribution in [0.1, 0.15) is 30.6 Å². The average molecular weight is 291 g/mol. The fourth-order valence-corrected chi connectivity index (χ4v) is 2.82. The van der Waals surface area contributed by atoms with Gasteiger partial charge in [0.2, 0.25) is 0 Å². The molecule has 108 valence electrons. The largest absolute Gasteiger partial charge is 0.462 e. The smallest absolute Gasteiger partial charge is 0.342 e. The van der Waals surface area contributed by atoms with E-state index < -0.39 is 16.0 Å². The van der Waals surface area contributed by atoms with E-state index in [1.165, 1.54) is 7.11 Å². The fourth-order valence-electron chi connectivity index (χ4n) is 1.42. The van der Waals surface area contributed by atoms with Gasteiger partial charge in [-0.05, 0) is 13.3 Å². The lowest BCUT2D eigenvalue weighted by atomic mass is 10.4. The van der Waals surface area contributed by atoms with Crippen molar-refractivity contribution in [2.45, 2.75) is 25.3 Å². The lowest BCUT2D eigenvalue weighted by Gasteiger charge is -2.17. The molecular formula is C10H17N3O5S. The Kier molecular flexibility index (Phi) is 5.45. The predicted octanol–water partition coefficient (Wildman–Crippen LogP) is 0.548. The first-order valence-electron chi connectivity index (χ1n) is 5.76. The molecule has 0 amide bonds. The predicted molar refractivity (Wildman–Crippen MR) is 65.7 cm³/mol. The molecule has 1 rings (SSSR count). The van der Waals surface area contributed by atoms with Crippen LogP contribution >= 0.6 is 0 Å². The van der Waals surface area contributed by atoms with Crippen molar-refractivity contribution in [2.24, 2.45) is 0 Å². The minimum Gasteiger partial charge on any atom is -0.462 e. The number of carbonyl (C=O) groups excluding carboxylic acids is 1. The van der Waals surface area contributed by atoms with Gasteiger partial charge in [-0.25, -0.2) is 13.2 Å². The Morgan fingerprint density at radius 2 is 2.16 bits per heavy atom. The molecule has 0 unspecified atom stereocenters. The third kappa shape index (κ3) is 3.31. The molecule has 1 N–H and O–H groups in total. The summed E-state index contributed by atoms with van der Waals surface area (Å²) in [6.45, 7) is 3.75. The number of nitrogens with zero attached hydrogens (tertiary/aromatic N) is 2. The van der Waals surface area contributed by atoms with Gasteiger partial charge >= 0.3 is 5.97 Å². The number of aromatic nitrogens is 2. The third-order valence-corrected chi connectivity index (χ3v) is 3.93. The summed E-state index contributed by atoms with van der Waals surface area (Å²) in [5, 5.41) is 5.55. The van der Waals surface area contributed by atoms with Gasteiger partial charge in [0.15, 0.2) is 5.03 Å². The number of aromatic amines is 1. The van der Waals surface area contributed by atoms with Gasteiger partial charge in [-0.2, -0.15) is 5.10 Å². The second kappa shape index (κ2) is 6.64. The number of nitrogens with one attached hydrogen (secondary N) is 1. The molecule has 0 fully saturated rings. The van der Waals surface area contributed by atoms with Crippen LogP contribution < -0.4 is 0 Å². The van der Waals surface area contributed by atoms with Gasteiger partial charge in [0.25, 0.3) is 10.0 Å². The summed E-state index contributed by atoms with van der Waals surface area (Å²) in [5.74, 6) is -0.748. The van der Waals surface area contributed by atoms with Crippen LogP contribution in [0.3, 0.4) is 0 Å². The van der Waals surface area contributed by atoms with Gasteiger partial charge in [-0.1, -0.05) is 11.4 Å². The van der Waals surface area contributed by atoms with Crippen molar-refractivity contribution >= 4 is 16.0 Å². The van der Waals surface area contributed by atoms with Crippen LogP contribution in [0.4, 0.5) is 0 Å². The lowest BCUT2D eigenvalue weighted by molar-refractivity contribution is -0.0485. The van der Waals surface area contributed by atoms with Crippen molar-refractivity contribution in [3.8, 4) is 0 Å². The van der Waals surface area contributed by atoms with E-state index in [2.05, 4.69) is 10.2 Å². The second-order valence-electron chi connectivity index (χ2n) is 3.55. The van der Waals surface area contributed by atoms with Crippen LogP contribution in [-0.4, -0.2) is 49.3 Å². The molecule has 19 heavy (non-hydrogen) atoms. The van der Waals surface area contributed by atoms with Crippen LogP contribution in [0.25, 0.3) is 0 Å². The van der Waals surface area contributed by atoms with Gasteiger partial charge in [-0.3, -0.25) is 9.94 Å². The van der Waals surface area contributed by atoms with Crippen molar-refractivity contribution in [1.82, 2.24) is 14.7 Å². The van der Waals surface area contributed by atoms with E-state index in [4.69, 9.17) is 9.57 Å². The highest BCUT2D eigenvalue weighted by Crippen LogP contribution is 2.18. The molecule has 0 aliphatic rings. The highest BCUT2D eigenvalue weighted by Gasteiger charge is 2.31. The molecule has 1 aromatic rings. The van der Waals surface area contributed by atoms with Crippen molar-refractivity contribution in [1.29, 1.82) is 0 Å². The zero-order chi connectivity index (χ0) is 14.5. The lowest BCUT2D eigenvalue weighted by Crippen LogP contribution is -2.32. The third-order valence-electron chi connectivity index (χ3n) is 2.24. The van der Waals surface area contributed by atoms with Crippen LogP contribution in [0.5, 0.6) is 0 Å². The molecule has 0 saturated heterocycles. The Hall–Kier alpha value is -1.45. The number of rotatable bonds is 7. The molecule has 8 nitrogen and oxygen atoms in total. The van der Waals surface area contributed by atoms with Gasteiger partial charge < -0.3 is 4.74 Å². The molecule has 0 aliphatic carbocycles. The number of esters is 1. The molecule has 0 atom stereocenters. The van der Waals surface area contributed by atoms with Gasteiger partial charge in [-0.15, -0.1) is 0 Å². The quantitative estimate of drug-likeness (QED) is 0.581. The van der Waals surface area contributed by atoms with Crippen molar-refractivity contribution < 1.29 is 22.8 Å². The normalized spacial score (nSPS) is 11.8. The summed E-state index contributed by atoms with van der Waals surface area (Å²) in [6, 6.07) is 0. The maximum Gasteiger partial charge on any atom is 0.342 e. The highest BCUT2D eigenvalue weighted by atomic mass is 32.2. The zero-order valence-corrected chi connectivity index (χ0v) is 11.9. The van der Waals surface area contributed by atoms with E-state index in [0.29, 0.717) is 6.42 Å². The molecule has 0 saturated carbocycles. The molecule has 0 aromatic carbocycles. The Morgan fingerprint density at radius 3 is 2.68 bits per heavy atom. The summed E-state index contributed by atoms with van der Waals surface area (Å²) >= 11 is 0. The van der Waals surface area contributed by atoms with E-state index in [1.54, 1.807) is 13.8 Å². The minimum absolute atomic E-state index is 0.139. The number of carbonyl (C=O) groups is 1.